The second kappa shape index (κ2) is 9.63. The zero-order valence-electron chi connectivity index (χ0n) is 17.5. The number of benzene rings is 1. The Morgan fingerprint density at radius 1 is 1.17 bits per heavy atom. The van der Waals surface area contributed by atoms with E-state index in [0.29, 0.717) is 23.9 Å². The lowest BCUT2D eigenvalue weighted by molar-refractivity contribution is -0.135. The molecule has 0 atom stereocenters. The highest BCUT2D eigenvalue weighted by Crippen LogP contribution is 2.23. The third kappa shape index (κ3) is 5.62. The van der Waals surface area contributed by atoms with Crippen LogP contribution in [-0.4, -0.2) is 39.8 Å². The van der Waals surface area contributed by atoms with Gasteiger partial charge in [-0.05, 0) is 37.7 Å². The number of carbonyl (C=O) groups is 2. The molecule has 6 nitrogen and oxygen atoms in total. The number of likely N-dealkylation sites (tertiary alicyclic amines) is 1. The lowest BCUT2D eigenvalue weighted by Gasteiger charge is -2.33. The summed E-state index contributed by atoms with van der Waals surface area (Å²) in [6, 6.07) is 9.84. The largest absolute Gasteiger partial charge is 0.348 e. The van der Waals surface area contributed by atoms with E-state index in [1.54, 1.807) is 6.20 Å². The van der Waals surface area contributed by atoms with Gasteiger partial charge < -0.3 is 10.2 Å². The predicted octanol–water partition coefficient (Wildman–Crippen LogP) is 3.15. The standard InChI is InChI=1S/C23H30N4O2/c1-16(2)23(29)27-11-9-18(10-12-27)13-21-20(15-24-17(3)26-21)22(28)25-14-19-7-5-4-6-8-19/h4-8,15-16,18H,9-14H2,1-3H3,(H,25,28). The lowest BCUT2D eigenvalue weighted by Crippen LogP contribution is -2.41. The number of nitrogens with one attached hydrogen (secondary N) is 1. The summed E-state index contributed by atoms with van der Waals surface area (Å²) in [4.78, 5) is 35.7. The summed E-state index contributed by atoms with van der Waals surface area (Å²) in [6.45, 7) is 7.77. The molecule has 1 aromatic heterocycles. The second-order valence-corrected chi connectivity index (χ2v) is 8.07. The topological polar surface area (TPSA) is 75.2 Å². The van der Waals surface area contributed by atoms with E-state index in [0.717, 1.165) is 43.6 Å². The maximum atomic E-state index is 12.8. The molecule has 154 valence electrons. The number of nitrogens with zero attached hydrogens (tertiary/aromatic N) is 3. The zero-order valence-corrected chi connectivity index (χ0v) is 17.5. The summed E-state index contributed by atoms with van der Waals surface area (Å²) in [6.07, 6.45) is 4.25. The first-order valence-corrected chi connectivity index (χ1v) is 10.4. The molecule has 0 unspecified atom stereocenters. The molecule has 1 fully saturated rings. The van der Waals surface area contributed by atoms with Crippen molar-refractivity contribution in [3.63, 3.8) is 0 Å². The first kappa shape index (κ1) is 21.0. The maximum absolute atomic E-state index is 12.8. The number of aromatic nitrogens is 2. The zero-order chi connectivity index (χ0) is 20.8. The van der Waals surface area contributed by atoms with Crippen molar-refractivity contribution < 1.29 is 9.59 Å². The highest BCUT2D eigenvalue weighted by molar-refractivity contribution is 5.94. The quantitative estimate of drug-likeness (QED) is 0.817. The van der Waals surface area contributed by atoms with Crippen LogP contribution in [0.3, 0.4) is 0 Å². The molecule has 1 aliphatic heterocycles. The number of carbonyl (C=O) groups excluding carboxylic acids is 2. The molecular weight excluding hydrogens is 364 g/mol. The Bertz CT molecular complexity index is 843. The summed E-state index contributed by atoms with van der Waals surface area (Å²) < 4.78 is 0. The van der Waals surface area contributed by atoms with Crippen molar-refractivity contribution in [3.05, 3.63) is 59.2 Å². The third-order valence-corrected chi connectivity index (χ3v) is 5.43. The second-order valence-electron chi connectivity index (χ2n) is 8.07. The van der Waals surface area contributed by atoms with Crippen molar-refractivity contribution in [1.29, 1.82) is 0 Å². The SMILES string of the molecule is Cc1ncc(C(=O)NCc2ccccc2)c(CC2CCN(C(=O)C(C)C)CC2)n1. The van der Waals surface area contributed by atoms with Gasteiger partial charge in [0.05, 0.1) is 11.3 Å². The number of hydrogen-bond donors (Lipinski definition) is 1. The molecule has 1 N–H and O–H groups in total. The minimum Gasteiger partial charge on any atom is -0.348 e. The molecule has 1 aliphatic rings. The molecule has 0 aliphatic carbocycles. The summed E-state index contributed by atoms with van der Waals surface area (Å²) >= 11 is 0. The summed E-state index contributed by atoms with van der Waals surface area (Å²) in [5, 5.41) is 2.97. The lowest BCUT2D eigenvalue weighted by atomic mass is 9.90. The van der Waals surface area contributed by atoms with Crippen LogP contribution in [0, 0.1) is 18.8 Å². The molecule has 0 radical (unpaired) electrons. The Kier molecular flexibility index (Phi) is 6.96. The fraction of sp³-hybridized carbons (Fsp3) is 0.478. The Morgan fingerprint density at radius 3 is 2.52 bits per heavy atom. The number of aryl methyl sites for hydroxylation is 1. The number of piperidine rings is 1. The number of rotatable bonds is 6. The third-order valence-electron chi connectivity index (χ3n) is 5.43. The Hall–Kier alpha value is -2.76. The Labute approximate surface area is 172 Å². The summed E-state index contributed by atoms with van der Waals surface area (Å²) in [7, 11) is 0. The van der Waals surface area contributed by atoms with Crippen LogP contribution in [0.1, 0.15) is 54.1 Å². The highest BCUT2D eigenvalue weighted by Gasteiger charge is 2.26. The first-order valence-electron chi connectivity index (χ1n) is 10.4. The van der Waals surface area contributed by atoms with Crippen molar-refractivity contribution in [3.8, 4) is 0 Å². The first-order chi connectivity index (χ1) is 13.9. The number of amides is 2. The van der Waals surface area contributed by atoms with Crippen LogP contribution in [0.25, 0.3) is 0 Å². The van der Waals surface area contributed by atoms with Crippen LogP contribution in [-0.2, 0) is 17.8 Å². The van der Waals surface area contributed by atoms with E-state index >= 15 is 0 Å². The normalized spacial score (nSPS) is 14.8. The van der Waals surface area contributed by atoms with E-state index in [1.165, 1.54) is 0 Å². The molecule has 1 aromatic carbocycles. The van der Waals surface area contributed by atoms with Gasteiger partial charge in [0.25, 0.3) is 5.91 Å². The minimum absolute atomic E-state index is 0.0379. The van der Waals surface area contributed by atoms with Crippen LogP contribution < -0.4 is 5.32 Å². The van der Waals surface area contributed by atoms with Crippen molar-refractivity contribution in [2.45, 2.75) is 46.6 Å². The average molecular weight is 395 g/mol. The van der Waals surface area contributed by atoms with Crippen LogP contribution in [0.4, 0.5) is 0 Å². The molecule has 3 rings (SSSR count). The molecular formula is C23H30N4O2. The Morgan fingerprint density at radius 2 is 1.86 bits per heavy atom. The molecule has 2 amide bonds. The molecule has 6 heteroatoms. The maximum Gasteiger partial charge on any atom is 0.254 e. The van der Waals surface area contributed by atoms with E-state index < -0.39 is 0 Å². The van der Waals surface area contributed by atoms with E-state index in [-0.39, 0.29) is 17.7 Å². The smallest absolute Gasteiger partial charge is 0.254 e. The van der Waals surface area contributed by atoms with Gasteiger partial charge in [-0.25, -0.2) is 9.97 Å². The molecule has 2 heterocycles. The van der Waals surface area contributed by atoms with Gasteiger partial charge in [-0.3, -0.25) is 9.59 Å². The highest BCUT2D eigenvalue weighted by atomic mass is 16.2. The summed E-state index contributed by atoms with van der Waals surface area (Å²) in [5.74, 6) is 1.21. The fourth-order valence-electron chi connectivity index (χ4n) is 3.73. The monoisotopic (exact) mass is 394 g/mol. The van der Waals surface area contributed by atoms with Crippen molar-refractivity contribution in [2.24, 2.45) is 11.8 Å². The van der Waals surface area contributed by atoms with Gasteiger partial charge in [-0.15, -0.1) is 0 Å². The van der Waals surface area contributed by atoms with Gasteiger partial charge in [0, 0.05) is 31.7 Å². The average Bonchev–Trinajstić information content (AvgIpc) is 2.73. The van der Waals surface area contributed by atoms with Crippen LogP contribution >= 0.6 is 0 Å². The van der Waals surface area contributed by atoms with E-state index in [1.807, 2.05) is 56.0 Å². The number of hydrogen-bond acceptors (Lipinski definition) is 4. The molecule has 0 spiro atoms. The van der Waals surface area contributed by atoms with Gasteiger partial charge in [0.2, 0.25) is 5.91 Å². The molecule has 0 bridgehead atoms. The fourth-order valence-corrected chi connectivity index (χ4v) is 3.73. The van der Waals surface area contributed by atoms with Gasteiger partial charge in [0.1, 0.15) is 5.82 Å². The van der Waals surface area contributed by atoms with E-state index in [9.17, 15) is 9.59 Å². The van der Waals surface area contributed by atoms with Crippen LogP contribution in [0.15, 0.2) is 36.5 Å². The van der Waals surface area contributed by atoms with E-state index in [2.05, 4.69) is 15.3 Å². The molecule has 1 saturated heterocycles. The predicted molar refractivity (Wildman–Crippen MR) is 112 cm³/mol. The molecule has 2 aromatic rings. The van der Waals surface area contributed by atoms with Crippen molar-refractivity contribution in [1.82, 2.24) is 20.2 Å². The molecule has 0 saturated carbocycles. The Balaban J connectivity index is 1.63. The van der Waals surface area contributed by atoms with Gasteiger partial charge in [-0.2, -0.15) is 0 Å². The minimum atomic E-state index is -0.142. The summed E-state index contributed by atoms with van der Waals surface area (Å²) in [5.41, 5.74) is 2.40. The molecule has 29 heavy (non-hydrogen) atoms. The van der Waals surface area contributed by atoms with Gasteiger partial charge in [0.15, 0.2) is 0 Å². The van der Waals surface area contributed by atoms with Crippen LogP contribution in [0.5, 0.6) is 0 Å². The van der Waals surface area contributed by atoms with Crippen molar-refractivity contribution in [2.75, 3.05) is 13.1 Å². The van der Waals surface area contributed by atoms with Crippen LogP contribution in [0.2, 0.25) is 0 Å². The van der Waals surface area contributed by atoms with Gasteiger partial charge >= 0.3 is 0 Å². The van der Waals surface area contributed by atoms with Gasteiger partial charge in [-0.1, -0.05) is 44.2 Å². The van der Waals surface area contributed by atoms with E-state index in [4.69, 9.17) is 0 Å². The van der Waals surface area contributed by atoms with Crippen molar-refractivity contribution >= 4 is 11.8 Å².